The van der Waals surface area contributed by atoms with Crippen LogP contribution in [0.4, 0.5) is 0 Å². The van der Waals surface area contributed by atoms with Gasteiger partial charge in [-0.1, -0.05) is 23.6 Å². The first-order chi connectivity index (χ1) is 10.1. The Labute approximate surface area is 127 Å². The summed E-state index contributed by atoms with van der Waals surface area (Å²) in [6.45, 7) is 6.39. The Hall–Kier alpha value is -2.21. The molecule has 0 amide bonds. The molecule has 0 saturated carbocycles. The molecule has 1 aromatic rings. The fourth-order valence-electron chi connectivity index (χ4n) is 1.78. The summed E-state index contributed by atoms with van der Waals surface area (Å²) in [5.41, 5.74) is 2.22. The third-order valence-electron chi connectivity index (χ3n) is 2.94. The highest BCUT2D eigenvalue weighted by Gasteiger charge is 2.14. The molecule has 0 fully saturated rings. The summed E-state index contributed by atoms with van der Waals surface area (Å²) < 4.78 is 10.3. The van der Waals surface area contributed by atoms with Crippen molar-refractivity contribution < 1.29 is 14.3 Å². The number of methoxy groups -OCH3 is 1. The summed E-state index contributed by atoms with van der Waals surface area (Å²) in [7, 11) is 1.39. The van der Waals surface area contributed by atoms with E-state index in [9.17, 15) is 4.79 Å². The molecule has 1 atom stereocenters. The van der Waals surface area contributed by atoms with Crippen molar-refractivity contribution in [3.63, 3.8) is 0 Å². The predicted octanol–water partition coefficient (Wildman–Crippen LogP) is 3.70. The van der Waals surface area contributed by atoms with Gasteiger partial charge in [-0.05, 0) is 44.5 Å². The van der Waals surface area contributed by atoms with Gasteiger partial charge in [0, 0.05) is 0 Å². The van der Waals surface area contributed by atoms with E-state index in [1.807, 2.05) is 44.2 Å². The molecule has 0 aromatic heterocycles. The monoisotopic (exact) mass is 286 g/mol. The molecule has 0 aliphatic rings. The van der Waals surface area contributed by atoms with Gasteiger partial charge in [0.25, 0.3) is 0 Å². The fourth-order valence-corrected chi connectivity index (χ4v) is 1.78. The minimum Gasteiger partial charge on any atom is -0.490 e. The zero-order valence-electron chi connectivity index (χ0n) is 13.1. The number of esters is 1. The van der Waals surface area contributed by atoms with Gasteiger partial charge in [-0.15, -0.1) is 5.92 Å². The number of hydrogen-bond acceptors (Lipinski definition) is 3. The van der Waals surface area contributed by atoms with Crippen molar-refractivity contribution in [2.45, 2.75) is 33.1 Å². The fraction of sp³-hybridized carbons (Fsp3) is 0.389. The van der Waals surface area contributed by atoms with Crippen LogP contribution in [-0.4, -0.2) is 19.7 Å². The van der Waals surface area contributed by atoms with Gasteiger partial charge in [0.15, 0.2) is 0 Å². The van der Waals surface area contributed by atoms with Crippen molar-refractivity contribution in [3.05, 3.63) is 41.5 Å². The molecule has 21 heavy (non-hydrogen) atoms. The van der Waals surface area contributed by atoms with Crippen LogP contribution in [0, 0.1) is 11.8 Å². The Morgan fingerprint density at radius 3 is 2.48 bits per heavy atom. The minimum atomic E-state index is -0.258. The smallest absolute Gasteiger partial charge is 0.307 e. The topological polar surface area (TPSA) is 35.5 Å². The van der Waals surface area contributed by atoms with Crippen LogP contribution in [0.2, 0.25) is 0 Å². The highest BCUT2D eigenvalue weighted by Crippen LogP contribution is 2.22. The number of benzene rings is 1. The quantitative estimate of drug-likeness (QED) is 0.454. The van der Waals surface area contributed by atoms with Crippen molar-refractivity contribution in [1.82, 2.24) is 0 Å². The zero-order chi connectivity index (χ0) is 15.7. The van der Waals surface area contributed by atoms with Crippen LogP contribution in [0.5, 0.6) is 5.75 Å². The third-order valence-corrected chi connectivity index (χ3v) is 2.94. The van der Waals surface area contributed by atoms with E-state index in [1.54, 1.807) is 6.92 Å². The maximum absolute atomic E-state index is 11.4. The van der Waals surface area contributed by atoms with Gasteiger partial charge < -0.3 is 9.47 Å². The molecule has 0 heterocycles. The van der Waals surface area contributed by atoms with E-state index >= 15 is 0 Å². The molecule has 0 bridgehead atoms. The van der Waals surface area contributed by atoms with Gasteiger partial charge in [0.1, 0.15) is 12.4 Å². The summed E-state index contributed by atoms with van der Waals surface area (Å²) in [5.74, 6) is 6.30. The number of carbonyl (C=O) groups is 1. The SMILES string of the molecule is CC#C[C@@H](CC(=O)OC)c1ccc(OCC=C(C)C)cc1. The summed E-state index contributed by atoms with van der Waals surface area (Å²) >= 11 is 0. The molecule has 3 nitrogen and oxygen atoms in total. The van der Waals surface area contributed by atoms with Crippen LogP contribution in [-0.2, 0) is 9.53 Å². The van der Waals surface area contributed by atoms with Crippen molar-refractivity contribution >= 4 is 5.97 Å². The summed E-state index contributed by atoms with van der Waals surface area (Å²) in [6, 6.07) is 7.68. The number of ether oxygens (including phenoxy) is 2. The second kappa shape index (κ2) is 8.86. The number of rotatable bonds is 6. The largest absolute Gasteiger partial charge is 0.490 e. The van der Waals surface area contributed by atoms with Gasteiger partial charge in [0.2, 0.25) is 0 Å². The molecule has 0 aliphatic carbocycles. The Kier molecular flexibility index (Phi) is 7.11. The highest BCUT2D eigenvalue weighted by atomic mass is 16.5. The summed E-state index contributed by atoms with van der Waals surface area (Å²) in [6.07, 6.45) is 2.28. The van der Waals surface area contributed by atoms with Crippen molar-refractivity contribution in [3.8, 4) is 17.6 Å². The molecule has 0 aliphatic heterocycles. The Morgan fingerprint density at radius 2 is 1.95 bits per heavy atom. The van der Waals surface area contributed by atoms with Crippen LogP contribution < -0.4 is 4.74 Å². The standard InChI is InChI=1S/C18H22O3/c1-5-6-16(13-18(19)20-4)15-7-9-17(10-8-15)21-12-11-14(2)3/h7-11,16H,12-13H2,1-4H3/t16-/m0/s1. The van der Waals surface area contributed by atoms with Crippen LogP contribution >= 0.6 is 0 Å². The third kappa shape index (κ3) is 6.18. The highest BCUT2D eigenvalue weighted by molar-refractivity contribution is 5.71. The molecular weight excluding hydrogens is 264 g/mol. The first-order valence-electron chi connectivity index (χ1n) is 6.92. The van der Waals surface area contributed by atoms with Gasteiger partial charge in [-0.2, -0.15) is 0 Å². The molecule has 1 aromatic carbocycles. The zero-order valence-corrected chi connectivity index (χ0v) is 13.1. The average molecular weight is 286 g/mol. The Morgan fingerprint density at radius 1 is 1.29 bits per heavy atom. The second-order valence-electron chi connectivity index (χ2n) is 4.89. The van der Waals surface area contributed by atoms with E-state index in [4.69, 9.17) is 9.47 Å². The van der Waals surface area contributed by atoms with E-state index in [0.29, 0.717) is 6.61 Å². The van der Waals surface area contributed by atoms with E-state index in [0.717, 1.165) is 11.3 Å². The van der Waals surface area contributed by atoms with Crippen LogP contribution in [0.3, 0.4) is 0 Å². The maximum Gasteiger partial charge on any atom is 0.307 e. The molecule has 112 valence electrons. The Bertz CT molecular complexity index is 540. The van der Waals surface area contributed by atoms with Crippen molar-refractivity contribution in [2.24, 2.45) is 0 Å². The van der Waals surface area contributed by atoms with Crippen LogP contribution in [0.15, 0.2) is 35.9 Å². The van der Waals surface area contributed by atoms with Gasteiger partial charge in [-0.3, -0.25) is 4.79 Å². The lowest BCUT2D eigenvalue weighted by molar-refractivity contribution is -0.140. The van der Waals surface area contributed by atoms with Crippen LogP contribution in [0.1, 0.15) is 38.7 Å². The van der Waals surface area contributed by atoms with Crippen molar-refractivity contribution in [1.29, 1.82) is 0 Å². The first kappa shape index (κ1) is 16.8. The molecule has 0 saturated heterocycles. The van der Waals surface area contributed by atoms with E-state index < -0.39 is 0 Å². The molecule has 0 N–H and O–H groups in total. The molecular formula is C18H22O3. The maximum atomic E-state index is 11.4. The molecule has 3 heteroatoms. The predicted molar refractivity (Wildman–Crippen MR) is 84.2 cm³/mol. The van der Waals surface area contributed by atoms with Gasteiger partial charge in [-0.25, -0.2) is 0 Å². The van der Waals surface area contributed by atoms with E-state index in [2.05, 4.69) is 11.8 Å². The number of carbonyl (C=O) groups excluding carboxylic acids is 1. The van der Waals surface area contributed by atoms with Crippen LogP contribution in [0.25, 0.3) is 0 Å². The summed E-state index contributed by atoms with van der Waals surface area (Å²) in [5, 5.41) is 0. The lowest BCUT2D eigenvalue weighted by Gasteiger charge is -2.11. The first-order valence-corrected chi connectivity index (χ1v) is 6.92. The average Bonchev–Trinajstić information content (AvgIpc) is 2.47. The molecule has 0 unspecified atom stereocenters. The Balaban J connectivity index is 2.75. The minimum absolute atomic E-state index is 0.144. The lowest BCUT2D eigenvalue weighted by atomic mass is 9.96. The van der Waals surface area contributed by atoms with E-state index in [-0.39, 0.29) is 18.3 Å². The molecule has 1 rings (SSSR count). The lowest BCUT2D eigenvalue weighted by Crippen LogP contribution is -2.07. The normalized spacial score (nSPS) is 10.9. The molecule has 0 spiro atoms. The van der Waals surface area contributed by atoms with Gasteiger partial charge >= 0.3 is 5.97 Å². The van der Waals surface area contributed by atoms with E-state index in [1.165, 1.54) is 12.7 Å². The molecule has 0 radical (unpaired) electrons. The van der Waals surface area contributed by atoms with Crippen molar-refractivity contribution in [2.75, 3.05) is 13.7 Å². The summed E-state index contributed by atoms with van der Waals surface area (Å²) in [4.78, 5) is 11.4. The second-order valence-corrected chi connectivity index (χ2v) is 4.89. The van der Waals surface area contributed by atoms with Gasteiger partial charge in [0.05, 0.1) is 19.4 Å². The number of hydrogen-bond donors (Lipinski definition) is 0. The number of allylic oxidation sites excluding steroid dienone is 1.